The number of benzene rings is 3. The van der Waals surface area contributed by atoms with Gasteiger partial charge >= 0.3 is 0 Å². The highest BCUT2D eigenvalue weighted by atomic mass is 32.2. The van der Waals surface area contributed by atoms with Gasteiger partial charge in [0.15, 0.2) is 0 Å². The highest BCUT2D eigenvalue weighted by Gasteiger charge is 2.50. The number of piperazine rings is 1. The molecule has 1 atom stereocenters. The summed E-state index contributed by atoms with van der Waals surface area (Å²) in [7, 11) is -2.15. The van der Waals surface area contributed by atoms with Crippen molar-refractivity contribution in [2.75, 3.05) is 56.5 Å². The fraction of sp³-hybridized carbons (Fsp3) is 0.558. The Hall–Kier alpha value is -4.04. The van der Waals surface area contributed by atoms with Gasteiger partial charge < -0.3 is 20.2 Å². The second-order valence-electron chi connectivity index (χ2n) is 17.6. The standard InChI is InChI=1S/C43H58N6O6S/c1-30(2)36-7-5-6-8-37(36)40-29-46(4)23-24-48(40)34-26-43(27-34)19-21-47(22-20-43)33-11-9-32(10-12-33)41(50)45-56(54,55)35-13-14-38(39(25-35)49(52)53)44-28-31-15-17-42(3,51)18-16-31/h5-14,25,30-31,34,40,44,51H,15-24,26-29H2,1-4H3,(H,45,50)/t31?,40-,42?/m1/s1. The minimum atomic E-state index is -4.39. The molecule has 2 aliphatic carbocycles. The quantitative estimate of drug-likeness (QED) is 0.138. The monoisotopic (exact) mass is 786 g/mol. The van der Waals surface area contributed by atoms with E-state index >= 15 is 0 Å². The van der Waals surface area contributed by atoms with Gasteiger partial charge in [0, 0.05) is 68.7 Å². The van der Waals surface area contributed by atoms with Crippen LogP contribution in [0.3, 0.4) is 0 Å². The van der Waals surface area contributed by atoms with Crippen LogP contribution in [0.25, 0.3) is 0 Å². The molecule has 3 aromatic carbocycles. The van der Waals surface area contributed by atoms with Gasteiger partial charge in [-0.1, -0.05) is 38.1 Å². The average molecular weight is 787 g/mol. The number of aliphatic hydroxyl groups is 1. The summed E-state index contributed by atoms with van der Waals surface area (Å²) in [5, 5.41) is 25.2. The van der Waals surface area contributed by atoms with E-state index in [9.17, 15) is 28.4 Å². The van der Waals surface area contributed by atoms with E-state index in [0.717, 1.165) is 70.2 Å². The molecule has 2 saturated heterocycles. The fourth-order valence-corrected chi connectivity index (χ4v) is 10.6. The summed E-state index contributed by atoms with van der Waals surface area (Å²) in [6.07, 6.45) is 7.60. The molecule has 1 amide bonds. The van der Waals surface area contributed by atoms with Gasteiger partial charge in [-0.15, -0.1) is 0 Å². The van der Waals surface area contributed by atoms with Crippen LogP contribution in [0.4, 0.5) is 17.1 Å². The molecule has 3 N–H and O–H groups in total. The number of nitro benzene ring substituents is 1. The number of nitrogens with one attached hydrogen (secondary N) is 2. The van der Waals surface area contributed by atoms with Crippen LogP contribution in [0.15, 0.2) is 71.6 Å². The third-order valence-electron chi connectivity index (χ3n) is 13.2. The van der Waals surface area contributed by atoms with Crippen LogP contribution in [0, 0.1) is 21.4 Å². The summed E-state index contributed by atoms with van der Waals surface area (Å²) in [6, 6.07) is 20.6. The maximum absolute atomic E-state index is 13.2. The van der Waals surface area contributed by atoms with E-state index in [0.29, 0.717) is 42.8 Å². The topological polar surface area (TPSA) is 148 Å². The van der Waals surface area contributed by atoms with Crippen LogP contribution in [-0.2, 0) is 10.0 Å². The molecule has 0 bridgehead atoms. The van der Waals surface area contributed by atoms with Gasteiger partial charge in [0.2, 0.25) is 0 Å². The molecular weight excluding hydrogens is 729 g/mol. The molecule has 7 rings (SSSR count). The second kappa shape index (κ2) is 16.1. The van der Waals surface area contributed by atoms with E-state index < -0.39 is 26.5 Å². The number of rotatable bonds is 11. The van der Waals surface area contributed by atoms with Gasteiger partial charge in [-0.25, -0.2) is 13.1 Å². The molecule has 56 heavy (non-hydrogen) atoms. The van der Waals surface area contributed by atoms with Gasteiger partial charge in [-0.2, -0.15) is 0 Å². The first-order chi connectivity index (χ1) is 26.6. The highest BCUT2D eigenvalue weighted by molar-refractivity contribution is 7.90. The van der Waals surface area contributed by atoms with Crippen molar-refractivity contribution < 1.29 is 23.2 Å². The predicted octanol–water partition coefficient (Wildman–Crippen LogP) is 6.93. The van der Waals surface area contributed by atoms with Crippen molar-refractivity contribution in [1.29, 1.82) is 0 Å². The zero-order valence-electron chi connectivity index (χ0n) is 33.2. The largest absolute Gasteiger partial charge is 0.390 e. The maximum atomic E-state index is 13.2. The summed E-state index contributed by atoms with van der Waals surface area (Å²) in [5.41, 5.74) is 3.63. The molecule has 2 aliphatic heterocycles. The Labute approximate surface area is 331 Å². The number of anilines is 2. The molecule has 302 valence electrons. The molecule has 2 heterocycles. The molecule has 4 fully saturated rings. The van der Waals surface area contributed by atoms with E-state index in [1.54, 1.807) is 12.1 Å². The number of nitrogens with zero attached hydrogens (tertiary/aromatic N) is 4. The van der Waals surface area contributed by atoms with Crippen molar-refractivity contribution in [2.45, 2.75) is 101 Å². The van der Waals surface area contributed by atoms with E-state index in [2.05, 4.69) is 69.9 Å². The molecule has 12 nitrogen and oxygen atoms in total. The van der Waals surface area contributed by atoms with Crippen molar-refractivity contribution in [3.63, 3.8) is 0 Å². The molecular formula is C43H58N6O6S. The SMILES string of the molecule is CC(C)c1ccccc1[C@H]1CN(C)CCN1C1CC2(CCN(c3ccc(C(=O)NS(=O)(=O)c4ccc(NCC5CCC(C)(O)CC5)c([N+](=O)[O-])c4)cc3)CC2)C1. The Morgan fingerprint density at radius 1 is 0.964 bits per heavy atom. The van der Waals surface area contributed by atoms with Crippen LogP contribution in [0.2, 0.25) is 0 Å². The van der Waals surface area contributed by atoms with Gasteiger partial charge in [0.25, 0.3) is 21.6 Å². The molecule has 2 saturated carbocycles. The highest BCUT2D eigenvalue weighted by Crippen LogP contribution is 2.53. The second-order valence-corrected chi connectivity index (χ2v) is 19.3. The van der Waals surface area contributed by atoms with E-state index in [1.165, 1.54) is 36.1 Å². The lowest BCUT2D eigenvalue weighted by Crippen LogP contribution is -2.59. The van der Waals surface area contributed by atoms with Crippen molar-refractivity contribution in [1.82, 2.24) is 14.5 Å². The number of piperidine rings is 1. The fourth-order valence-electron chi connectivity index (χ4n) is 9.61. The minimum Gasteiger partial charge on any atom is -0.390 e. The maximum Gasteiger partial charge on any atom is 0.293 e. The lowest BCUT2D eigenvalue weighted by atomic mass is 9.59. The van der Waals surface area contributed by atoms with Gasteiger partial charge in [-0.3, -0.25) is 19.8 Å². The Morgan fingerprint density at radius 3 is 2.30 bits per heavy atom. The van der Waals surface area contributed by atoms with Crippen molar-refractivity contribution >= 4 is 33.0 Å². The zero-order valence-corrected chi connectivity index (χ0v) is 34.1. The first-order valence-electron chi connectivity index (χ1n) is 20.3. The number of amides is 1. The zero-order chi connectivity index (χ0) is 39.8. The van der Waals surface area contributed by atoms with E-state index in [4.69, 9.17) is 0 Å². The lowest BCUT2D eigenvalue weighted by Gasteiger charge is -2.58. The van der Waals surface area contributed by atoms with Crippen molar-refractivity contribution in [3.8, 4) is 0 Å². The number of carbonyl (C=O) groups is 1. The minimum absolute atomic E-state index is 0.188. The van der Waals surface area contributed by atoms with Gasteiger partial charge in [0.05, 0.1) is 15.4 Å². The number of hydrogen-bond donors (Lipinski definition) is 3. The lowest BCUT2D eigenvalue weighted by molar-refractivity contribution is -0.384. The van der Waals surface area contributed by atoms with Crippen LogP contribution in [-0.4, -0.2) is 92.1 Å². The number of carbonyl (C=O) groups excluding carboxylic acids is 1. The summed E-state index contributed by atoms with van der Waals surface area (Å²) >= 11 is 0. The summed E-state index contributed by atoms with van der Waals surface area (Å²) in [5.74, 6) is -0.0685. The number of hydrogen-bond acceptors (Lipinski definition) is 10. The van der Waals surface area contributed by atoms with E-state index in [1.807, 2.05) is 19.1 Å². The Morgan fingerprint density at radius 2 is 1.64 bits per heavy atom. The molecule has 0 unspecified atom stereocenters. The van der Waals surface area contributed by atoms with Crippen LogP contribution in [0.5, 0.6) is 0 Å². The van der Waals surface area contributed by atoms with Crippen LogP contribution in [0.1, 0.15) is 106 Å². The average Bonchev–Trinajstić information content (AvgIpc) is 3.16. The van der Waals surface area contributed by atoms with Gasteiger partial charge in [0.1, 0.15) is 5.69 Å². The molecule has 13 heteroatoms. The number of likely N-dealkylation sites (N-methyl/N-ethyl adjacent to an activating group) is 1. The van der Waals surface area contributed by atoms with Crippen LogP contribution < -0.4 is 14.9 Å². The molecule has 4 aliphatic rings. The molecule has 3 aromatic rings. The van der Waals surface area contributed by atoms with Crippen molar-refractivity contribution in [3.05, 3.63) is 93.5 Å². The first kappa shape index (κ1) is 40.2. The van der Waals surface area contributed by atoms with E-state index in [-0.39, 0.29) is 27.8 Å². The summed E-state index contributed by atoms with van der Waals surface area (Å²) in [6.45, 7) is 12.0. The Kier molecular flexibility index (Phi) is 11.5. The Bertz CT molecular complexity index is 1990. The molecule has 0 aromatic heterocycles. The van der Waals surface area contributed by atoms with Gasteiger partial charge in [-0.05, 0) is 130 Å². The molecule has 0 radical (unpaired) electrons. The first-order valence-corrected chi connectivity index (χ1v) is 21.8. The summed E-state index contributed by atoms with van der Waals surface area (Å²) < 4.78 is 28.6. The normalized spacial score (nSPS) is 24.9. The van der Waals surface area contributed by atoms with Crippen LogP contribution >= 0.6 is 0 Å². The third-order valence-corrected chi connectivity index (χ3v) is 14.5. The number of sulfonamides is 1. The smallest absolute Gasteiger partial charge is 0.293 e. The predicted molar refractivity (Wildman–Crippen MR) is 220 cm³/mol. The number of nitro groups is 1. The third kappa shape index (κ3) is 8.75. The Balaban J connectivity index is 0.924. The molecule has 1 spiro atoms. The van der Waals surface area contributed by atoms with Crippen molar-refractivity contribution in [2.24, 2.45) is 11.3 Å². The summed E-state index contributed by atoms with van der Waals surface area (Å²) in [4.78, 5) is 31.7.